The van der Waals surface area contributed by atoms with E-state index in [2.05, 4.69) is 32.9 Å². The number of ether oxygens (including phenoxy) is 1. The zero-order valence-electron chi connectivity index (χ0n) is 26.5. The number of aromatic nitrogens is 2. The van der Waals surface area contributed by atoms with Crippen molar-refractivity contribution in [1.82, 2.24) is 30.8 Å². The second-order valence-electron chi connectivity index (χ2n) is 11.9. The lowest BCUT2D eigenvalue weighted by Crippen LogP contribution is -2.48. The Morgan fingerprint density at radius 1 is 1.00 bits per heavy atom. The summed E-state index contributed by atoms with van der Waals surface area (Å²) < 4.78 is 10.7. The number of aryl methyl sites for hydroxylation is 2. The summed E-state index contributed by atoms with van der Waals surface area (Å²) in [5.41, 5.74) is 4.18. The van der Waals surface area contributed by atoms with Crippen LogP contribution in [0, 0.1) is 13.8 Å². The number of nitrogens with one attached hydrogen (secondary N) is 2. The monoisotopic (exact) mass is 605 g/mol. The maximum absolute atomic E-state index is 13.6. The van der Waals surface area contributed by atoms with Gasteiger partial charge in [-0.15, -0.1) is 0 Å². The molecule has 2 aromatic carbocycles. The molecule has 0 unspecified atom stereocenters. The maximum atomic E-state index is 13.6. The van der Waals surface area contributed by atoms with Crippen LogP contribution in [0.1, 0.15) is 49.7 Å². The number of benzene rings is 2. The fourth-order valence-electron chi connectivity index (χ4n) is 4.90. The van der Waals surface area contributed by atoms with Crippen LogP contribution < -0.4 is 15.5 Å². The molecule has 0 atom stereocenters. The van der Waals surface area contributed by atoms with Crippen molar-refractivity contribution in [3.8, 4) is 11.5 Å². The molecule has 12 nitrogen and oxygen atoms in total. The van der Waals surface area contributed by atoms with Gasteiger partial charge in [-0.2, -0.15) is 4.98 Å². The van der Waals surface area contributed by atoms with Crippen LogP contribution in [-0.4, -0.2) is 83.3 Å². The van der Waals surface area contributed by atoms with E-state index in [-0.39, 0.29) is 37.3 Å². The highest BCUT2D eigenvalue weighted by molar-refractivity contribution is 5.87. The number of nitrogens with zero attached hydrogens (tertiary/aromatic N) is 5. The van der Waals surface area contributed by atoms with E-state index in [0.29, 0.717) is 50.0 Å². The van der Waals surface area contributed by atoms with E-state index >= 15 is 0 Å². The van der Waals surface area contributed by atoms with Crippen molar-refractivity contribution < 1.29 is 23.6 Å². The molecule has 1 aliphatic heterocycles. The first-order valence-electron chi connectivity index (χ1n) is 14.8. The Balaban J connectivity index is 1.40. The second kappa shape index (κ2) is 14.5. The van der Waals surface area contributed by atoms with Crippen molar-refractivity contribution in [2.75, 3.05) is 44.7 Å². The number of likely N-dealkylation sites (N-methyl/N-ethyl adjacent to an activating group) is 1. The second-order valence-corrected chi connectivity index (χ2v) is 11.9. The van der Waals surface area contributed by atoms with Crippen molar-refractivity contribution in [3.63, 3.8) is 0 Å². The van der Waals surface area contributed by atoms with E-state index < -0.39 is 5.60 Å². The number of anilines is 1. The highest BCUT2D eigenvalue weighted by atomic mass is 16.6. The molecule has 0 saturated carbocycles. The Hall–Kier alpha value is -4.29. The molecule has 1 aliphatic rings. The van der Waals surface area contributed by atoms with Crippen LogP contribution in [0.5, 0.6) is 0 Å². The Labute approximate surface area is 258 Å². The summed E-state index contributed by atoms with van der Waals surface area (Å²) in [6.45, 7) is 11.7. The number of rotatable bonds is 13. The molecule has 44 heavy (non-hydrogen) atoms. The van der Waals surface area contributed by atoms with Gasteiger partial charge in [0.25, 0.3) is 11.8 Å². The molecule has 2 N–H and O–H groups in total. The van der Waals surface area contributed by atoms with Crippen molar-refractivity contribution in [2.24, 2.45) is 0 Å². The van der Waals surface area contributed by atoms with E-state index in [1.165, 1.54) is 11.1 Å². The SMILES string of the molecule is Cc1noc(-c2ccc(C)c(N(CC(=O)NCCNCCC(=O)OC(C)(C)C)CC(=O)N(C)N3Cc4ccccc4C3)c2)n1. The Bertz CT molecular complexity index is 1440. The molecule has 0 spiro atoms. The van der Waals surface area contributed by atoms with Crippen molar-refractivity contribution in [1.29, 1.82) is 0 Å². The molecule has 4 rings (SSSR count). The number of hydrazine groups is 1. The number of esters is 1. The smallest absolute Gasteiger partial charge is 0.307 e. The average Bonchev–Trinajstić information content (AvgIpc) is 3.59. The van der Waals surface area contributed by atoms with Crippen molar-refractivity contribution in [2.45, 2.75) is 59.7 Å². The lowest BCUT2D eigenvalue weighted by Gasteiger charge is -2.32. The van der Waals surface area contributed by atoms with Gasteiger partial charge in [-0.1, -0.05) is 35.5 Å². The summed E-state index contributed by atoms with van der Waals surface area (Å²) in [5, 5.41) is 13.6. The zero-order chi connectivity index (χ0) is 31.9. The Morgan fingerprint density at radius 3 is 2.34 bits per heavy atom. The molecular formula is C32H43N7O5. The molecule has 2 amide bonds. The fourth-order valence-corrected chi connectivity index (χ4v) is 4.90. The molecule has 236 valence electrons. The first kappa shape index (κ1) is 32.6. The molecule has 12 heteroatoms. The van der Waals surface area contributed by atoms with Crippen molar-refractivity contribution in [3.05, 3.63) is 65.0 Å². The molecule has 0 aliphatic carbocycles. The standard InChI is InChI=1S/C32H43N7O5/c1-22-11-12-24(31-35-23(2)36-44-31)17-27(22)38(20-28(40)34-16-15-33-14-13-30(42)43-32(3,4)5)21-29(41)37(6)39-18-25-9-7-8-10-26(25)19-39/h7-12,17,33H,13-16,18-21H2,1-6H3,(H,34,40). The number of carbonyl (C=O) groups excluding carboxylic acids is 3. The van der Waals surface area contributed by atoms with Gasteiger partial charge in [0.2, 0.25) is 5.91 Å². The van der Waals surface area contributed by atoms with Crippen LogP contribution in [0.3, 0.4) is 0 Å². The van der Waals surface area contributed by atoms with Gasteiger partial charge in [0, 0.05) is 51.0 Å². The van der Waals surface area contributed by atoms with Crippen LogP contribution >= 0.6 is 0 Å². The summed E-state index contributed by atoms with van der Waals surface area (Å²) in [6.07, 6.45) is 0.242. The van der Waals surface area contributed by atoms with Gasteiger partial charge in [-0.25, -0.2) is 5.01 Å². The van der Waals surface area contributed by atoms with Gasteiger partial charge >= 0.3 is 5.97 Å². The topological polar surface area (TPSA) is 133 Å². The summed E-state index contributed by atoms with van der Waals surface area (Å²) in [5.74, 6) is 0.227. The van der Waals surface area contributed by atoms with Gasteiger partial charge in [0.05, 0.1) is 19.5 Å². The number of hydrogen-bond donors (Lipinski definition) is 2. The normalized spacial score (nSPS) is 13.0. The van der Waals surface area contributed by atoms with Gasteiger partial charge < -0.3 is 24.8 Å². The molecule has 2 heterocycles. The van der Waals surface area contributed by atoms with Gasteiger partial charge in [0.15, 0.2) is 5.82 Å². The summed E-state index contributed by atoms with van der Waals surface area (Å²) in [7, 11) is 1.76. The Kier molecular flexibility index (Phi) is 10.7. The number of carbonyl (C=O) groups is 3. The summed E-state index contributed by atoms with van der Waals surface area (Å²) >= 11 is 0. The summed E-state index contributed by atoms with van der Waals surface area (Å²) in [4.78, 5) is 44.7. The molecular weight excluding hydrogens is 562 g/mol. The predicted octanol–water partition coefficient (Wildman–Crippen LogP) is 2.99. The summed E-state index contributed by atoms with van der Waals surface area (Å²) in [6, 6.07) is 13.8. The van der Waals surface area contributed by atoms with Gasteiger partial charge in [0.1, 0.15) is 5.60 Å². The van der Waals surface area contributed by atoms with Crippen LogP contribution in [0.2, 0.25) is 0 Å². The van der Waals surface area contributed by atoms with E-state index in [1.807, 2.05) is 63.0 Å². The highest BCUT2D eigenvalue weighted by Crippen LogP contribution is 2.28. The molecule has 0 fully saturated rings. The molecule has 0 bridgehead atoms. The van der Waals surface area contributed by atoms with Gasteiger partial charge in [-0.3, -0.25) is 19.4 Å². The fraction of sp³-hybridized carbons (Fsp3) is 0.469. The van der Waals surface area contributed by atoms with Crippen LogP contribution in [0.25, 0.3) is 11.5 Å². The Morgan fingerprint density at radius 2 is 1.70 bits per heavy atom. The number of fused-ring (bicyclic) bond motifs is 1. The highest BCUT2D eigenvalue weighted by Gasteiger charge is 2.27. The predicted molar refractivity (Wildman–Crippen MR) is 166 cm³/mol. The maximum Gasteiger partial charge on any atom is 0.307 e. The number of hydrogen-bond acceptors (Lipinski definition) is 10. The van der Waals surface area contributed by atoms with Crippen molar-refractivity contribution >= 4 is 23.5 Å². The van der Waals surface area contributed by atoms with Crippen LogP contribution in [0.15, 0.2) is 47.0 Å². The largest absolute Gasteiger partial charge is 0.460 e. The molecule has 0 radical (unpaired) electrons. The minimum absolute atomic E-state index is 0.0158. The molecule has 3 aromatic rings. The third-order valence-corrected chi connectivity index (χ3v) is 7.14. The lowest BCUT2D eigenvalue weighted by molar-refractivity contribution is -0.154. The average molecular weight is 606 g/mol. The minimum atomic E-state index is -0.519. The number of amides is 2. The molecule has 1 aromatic heterocycles. The third-order valence-electron chi connectivity index (χ3n) is 7.14. The van der Waals surface area contributed by atoms with E-state index in [4.69, 9.17) is 9.26 Å². The van der Waals surface area contributed by atoms with E-state index in [1.54, 1.807) is 23.9 Å². The first-order chi connectivity index (χ1) is 20.9. The van der Waals surface area contributed by atoms with E-state index in [9.17, 15) is 14.4 Å². The van der Waals surface area contributed by atoms with Gasteiger partial charge in [-0.05, 0) is 63.4 Å². The minimum Gasteiger partial charge on any atom is -0.460 e. The molecule has 0 saturated heterocycles. The first-order valence-corrected chi connectivity index (χ1v) is 14.8. The van der Waals surface area contributed by atoms with Crippen LogP contribution in [-0.2, 0) is 32.2 Å². The third kappa shape index (κ3) is 9.10. The lowest BCUT2D eigenvalue weighted by atomic mass is 10.1. The van der Waals surface area contributed by atoms with E-state index in [0.717, 1.165) is 11.3 Å². The van der Waals surface area contributed by atoms with Crippen LogP contribution in [0.4, 0.5) is 5.69 Å². The zero-order valence-corrected chi connectivity index (χ0v) is 26.5. The quantitative estimate of drug-likeness (QED) is 0.221.